The second kappa shape index (κ2) is 8.00. The Kier molecular flexibility index (Phi) is 5.78. The molecule has 0 aromatic heterocycles. The quantitative estimate of drug-likeness (QED) is 0.712. The van der Waals surface area contributed by atoms with Crippen LogP contribution >= 0.6 is 0 Å². The third kappa shape index (κ3) is 4.42. The zero-order chi connectivity index (χ0) is 19.8. The normalized spacial score (nSPS) is 23.7. The molecule has 0 spiro atoms. The molecule has 156 valence electrons. The highest BCUT2D eigenvalue weighted by atomic mass is 32.2. The lowest BCUT2D eigenvalue weighted by atomic mass is 10.1. The summed E-state index contributed by atoms with van der Waals surface area (Å²) in [6.07, 6.45) is 4.13. The predicted octanol–water partition coefficient (Wildman–Crippen LogP) is 0.613. The van der Waals surface area contributed by atoms with Crippen LogP contribution < -0.4 is 4.72 Å². The van der Waals surface area contributed by atoms with Crippen LogP contribution in [0.2, 0.25) is 0 Å². The molecule has 3 fully saturated rings. The highest BCUT2D eigenvalue weighted by Gasteiger charge is 2.33. The molecule has 28 heavy (non-hydrogen) atoms. The van der Waals surface area contributed by atoms with Crippen LogP contribution in [0, 0.1) is 0 Å². The van der Waals surface area contributed by atoms with E-state index in [0.717, 1.165) is 25.9 Å². The molecule has 2 aliphatic heterocycles. The van der Waals surface area contributed by atoms with E-state index in [1.807, 2.05) is 0 Å². The van der Waals surface area contributed by atoms with Crippen molar-refractivity contribution < 1.29 is 21.6 Å². The van der Waals surface area contributed by atoms with Crippen LogP contribution in [-0.2, 0) is 24.8 Å². The fraction of sp³-hybridized carbons (Fsp3) is 0.667. The summed E-state index contributed by atoms with van der Waals surface area (Å²) in [6.45, 7) is 3.21. The maximum atomic E-state index is 12.7. The number of hydrogen-bond acceptors (Lipinski definition) is 6. The number of likely N-dealkylation sites (tertiary alicyclic amines) is 1. The van der Waals surface area contributed by atoms with E-state index in [9.17, 15) is 16.8 Å². The summed E-state index contributed by atoms with van der Waals surface area (Å²) >= 11 is 0. The summed E-state index contributed by atoms with van der Waals surface area (Å²) in [6, 6.07) is 6.11. The van der Waals surface area contributed by atoms with Gasteiger partial charge in [-0.2, -0.15) is 4.31 Å². The first-order valence-corrected chi connectivity index (χ1v) is 12.7. The summed E-state index contributed by atoms with van der Waals surface area (Å²) in [5, 5.41) is 0. The number of rotatable bonds is 6. The smallest absolute Gasteiger partial charge is 0.243 e. The van der Waals surface area contributed by atoms with E-state index < -0.39 is 20.0 Å². The van der Waals surface area contributed by atoms with Gasteiger partial charge in [0.05, 0.1) is 23.0 Å². The molecule has 1 aromatic rings. The van der Waals surface area contributed by atoms with Crippen LogP contribution in [0.3, 0.4) is 0 Å². The van der Waals surface area contributed by atoms with Crippen LogP contribution in [0.1, 0.15) is 25.7 Å². The molecule has 4 rings (SSSR count). The van der Waals surface area contributed by atoms with Gasteiger partial charge < -0.3 is 9.64 Å². The van der Waals surface area contributed by atoms with Gasteiger partial charge in [-0.25, -0.2) is 21.6 Å². The van der Waals surface area contributed by atoms with E-state index in [1.54, 1.807) is 0 Å². The van der Waals surface area contributed by atoms with Gasteiger partial charge in [0.1, 0.15) is 0 Å². The Morgan fingerprint density at radius 1 is 0.821 bits per heavy atom. The molecule has 1 N–H and O–H groups in total. The SMILES string of the molecule is O=S(=O)(NC1CCN(C2CC2)CC1)c1ccc(S(=O)(=O)N2CCOCC2)cc1. The topological polar surface area (TPSA) is 96.0 Å². The summed E-state index contributed by atoms with van der Waals surface area (Å²) < 4.78 is 60.0. The maximum Gasteiger partial charge on any atom is 0.243 e. The van der Waals surface area contributed by atoms with Crippen molar-refractivity contribution in [3.8, 4) is 0 Å². The van der Waals surface area contributed by atoms with Crippen LogP contribution in [0.15, 0.2) is 34.1 Å². The van der Waals surface area contributed by atoms with Crippen molar-refractivity contribution in [3.05, 3.63) is 24.3 Å². The number of sulfonamides is 2. The first-order valence-electron chi connectivity index (χ1n) is 9.81. The van der Waals surface area contributed by atoms with Crippen LogP contribution in [0.25, 0.3) is 0 Å². The number of hydrogen-bond donors (Lipinski definition) is 1. The van der Waals surface area contributed by atoms with Crippen molar-refractivity contribution in [1.29, 1.82) is 0 Å². The van der Waals surface area contributed by atoms with Crippen molar-refractivity contribution >= 4 is 20.0 Å². The standard InChI is InChI=1S/C18H27N3O5S2/c22-27(23,19-15-7-9-20(10-8-15)16-1-2-16)17-3-5-18(6-4-17)28(24,25)21-11-13-26-14-12-21/h3-6,15-16,19H,1-2,7-14H2. The van der Waals surface area contributed by atoms with E-state index in [1.165, 1.54) is 41.4 Å². The van der Waals surface area contributed by atoms with Gasteiger partial charge in [-0.3, -0.25) is 0 Å². The molecule has 8 nitrogen and oxygen atoms in total. The number of nitrogens with zero attached hydrogens (tertiary/aromatic N) is 2. The lowest BCUT2D eigenvalue weighted by molar-refractivity contribution is 0.0730. The molecule has 10 heteroatoms. The van der Waals surface area contributed by atoms with E-state index in [4.69, 9.17) is 4.74 Å². The van der Waals surface area contributed by atoms with E-state index in [-0.39, 0.29) is 15.8 Å². The largest absolute Gasteiger partial charge is 0.379 e. The number of ether oxygens (including phenoxy) is 1. The Balaban J connectivity index is 1.41. The average molecular weight is 430 g/mol. The van der Waals surface area contributed by atoms with Gasteiger partial charge in [0.2, 0.25) is 20.0 Å². The van der Waals surface area contributed by atoms with Crippen LogP contribution in [0.5, 0.6) is 0 Å². The van der Waals surface area contributed by atoms with E-state index in [2.05, 4.69) is 9.62 Å². The lowest BCUT2D eigenvalue weighted by Crippen LogP contribution is -2.45. The van der Waals surface area contributed by atoms with Crippen molar-refractivity contribution in [1.82, 2.24) is 13.9 Å². The minimum Gasteiger partial charge on any atom is -0.379 e. The van der Waals surface area contributed by atoms with Gasteiger partial charge >= 0.3 is 0 Å². The Labute approximate surface area is 166 Å². The molecular weight excluding hydrogens is 402 g/mol. The molecule has 1 saturated carbocycles. The molecule has 1 aromatic carbocycles. The van der Waals surface area contributed by atoms with Gasteiger partial charge in [0.15, 0.2) is 0 Å². The summed E-state index contributed by atoms with van der Waals surface area (Å²) in [5.41, 5.74) is 0. The number of nitrogens with one attached hydrogen (secondary N) is 1. The molecule has 0 amide bonds. The van der Waals surface area contributed by atoms with E-state index in [0.29, 0.717) is 32.3 Å². The highest BCUT2D eigenvalue weighted by molar-refractivity contribution is 7.89. The molecule has 0 atom stereocenters. The number of benzene rings is 1. The fourth-order valence-electron chi connectivity index (χ4n) is 3.84. The number of morpholine rings is 1. The first kappa shape index (κ1) is 20.2. The molecule has 0 bridgehead atoms. The second-order valence-corrected chi connectivity index (χ2v) is 11.3. The minimum atomic E-state index is -3.67. The van der Waals surface area contributed by atoms with E-state index >= 15 is 0 Å². The monoisotopic (exact) mass is 429 g/mol. The molecule has 2 saturated heterocycles. The molecule has 1 aliphatic carbocycles. The van der Waals surface area contributed by atoms with Crippen LogP contribution in [-0.4, -0.2) is 77.5 Å². The zero-order valence-corrected chi connectivity index (χ0v) is 17.4. The molecule has 0 unspecified atom stereocenters. The molecule has 2 heterocycles. The first-order chi connectivity index (χ1) is 13.4. The summed E-state index contributed by atoms with van der Waals surface area (Å²) in [5.74, 6) is 0. The Bertz CT molecular complexity index is 884. The Morgan fingerprint density at radius 2 is 1.39 bits per heavy atom. The maximum absolute atomic E-state index is 12.7. The van der Waals surface area contributed by atoms with Gasteiger partial charge in [0, 0.05) is 25.2 Å². The Hall–Kier alpha value is -1.04. The van der Waals surface area contributed by atoms with Gasteiger partial charge in [-0.1, -0.05) is 0 Å². The highest BCUT2D eigenvalue weighted by Crippen LogP contribution is 2.29. The minimum absolute atomic E-state index is 0.0724. The van der Waals surface area contributed by atoms with Crippen molar-refractivity contribution in [2.24, 2.45) is 0 Å². The predicted molar refractivity (Wildman–Crippen MR) is 104 cm³/mol. The van der Waals surface area contributed by atoms with Crippen LogP contribution in [0.4, 0.5) is 0 Å². The van der Waals surface area contributed by atoms with Crippen molar-refractivity contribution in [3.63, 3.8) is 0 Å². The van der Waals surface area contributed by atoms with Crippen molar-refractivity contribution in [2.45, 2.75) is 47.6 Å². The molecule has 3 aliphatic rings. The van der Waals surface area contributed by atoms with Gasteiger partial charge in [0.25, 0.3) is 0 Å². The Morgan fingerprint density at radius 3 is 1.96 bits per heavy atom. The third-order valence-electron chi connectivity index (χ3n) is 5.66. The average Bonchev–Trinajstić information content (AvgIpc) is 3.54. The summed E-state index contributed by atoms with van der Waals surface area (Å²) in [7, 11) is -7.29. The fourth-order valence-corrected chi connectivity index (χ4v) is 6.55. The third-order valence-corrected chi connectivity index (χ3v) is 9.11. The second-order valence-electron chi connectivity index (χ2n) is 7.65. The lowest BCUT2D eigenvalue weighted by Gasteiger charge is -2.32. The molecular formula is C18H27N3O5S2. The number of piperidine rings is 1. The zero-order valence-electron chi connectivity index (χ0n) is 15.8. The van der Waals surface area contributed by atoms with Crippen molar-refractivity contribution in [2.75, 3.05) is 39.4 Å². The molecule has 0 radical (unpaired) electrons. The summed E-state index contributed by atoms with van der Waals surface area (Å²) in [4.78, 5) is 2.64. The van der Waals surface area contributed by atoms with Gasteiger partial charge in [-0.15, -0.1) is 0 Å². The van der Waals surface area contributed by atoms with Gasteiger partial charge in [-0.05, 0) is 63.0 Å².